The van der Waals surface area contributed by atoms with E-state index in [-0.39, 0.29) is 10.6 Å². The highest BCUT2D eigenvalue weighted by molar-refractivity contribution is 7.91. The van der Waals surface area contributed by atoms with Crippen molar-refractivity contribution < 1.29 is 21.6 Å². The van der Waals surface area contributed by atoms with Crippen LogP contribution in [0.1, 0.15) is 25.8 Å². The smallest absolute Gasteiger partial charge is 0.224 e. The van der Waals surface area contributed by atoms with Gasteiger partial charge in [-0.1, -0.05) is 6.92 Å². The number of rotatable bonds is 4. The second kappa shape index (κ2) is 4.68. The summed E-state index contributed by atoms with van der Waals surface area (Å²) < 4.78 is 62.4. The second-order valence-electron chi connectivity index (χ2n) is 3.85. The third-order valence-electron chi connectivity index (χ3n) is 2.25. The van der Waals surface area contributed by atoms with Crippen molar-refractivity contribution in [3.05, 3.63) is 29.6 Å². The first-order valence-electron chi connectivity index (χ1n) is 5.09. The van der Waals surface area contributed by atoms with Gasteiger partial charge < -0.3 is 0 Å². The molecule has 0 spiro atoms. The summed E-state index contributed by atoms with van der Waals surface area (Å²) in [5.74, 6) is -4.65. The van der Waals surface area contributed by atoms with Gasteiger partial charge >= 0.3 is 0 Å². The maximum Gasteiger partial charge on any atom is 0.273 e. The van der Waals surface area contributed by atoms with Crippen LogP contribution >= 0.6 is 0 Å². The molecule has 0 saturated heterocycles. The number of alkyl halides is 2. The zero-order valence-electron chi connectivity index (χ0n) is 9.50. The van der Waals surface area contributed by atoms with Gasteiger partial charge in [-0.15, -0.1) is 0 Å². The van der Waals surface area contributed by atoms with Crippen molar-refractivity contribution in [2.24, 2.45) is 0 Å². The molecule has 0 saturated carbocycles. The molecule has 0 aliphatic carbocycles. The van der Waals surface area contributed by atoms with Crippen LogP contribution in [-0.2, 0) is 15.8 Å². The quantitative estimate of drug-likeness (QED) is 0.839. The topological polar surface area (TPSA) is 34.1 Å². The maximum absolute atomic E-state index is 13.4. The van der Waals surface area contributed by atoms with Crippen molar-refractivity contribution in [3.8, 4) is 0 Å². The van der Waals surface area contributed by atoms with E-state index in [0.29, 0.717) is 19.4 Å². The predicted octanol–water partition coefficient (Wildman–Crippen LogP) is 3.12. The third kappa shape index (κ3) is 3.21. The summed E-state index contributed by atoms with van der Waals surface area (Å²) in [6.07, 6.45) is 0.385. The van der Waals surface area contributed by atoms with Gasteiger partial charge in [0.15, 0.2) is 9.84 Å². The van der Waals surface area contributed by atoms with E-state index in [4.69, 9.17) is 0 Å². The Morgan fingerprint density at radius 1 is 1.29 bits per heavy atom. The molecular formula is C11H13F3O2S. The molecule has 0 bridgehead atoms. The molecule has 0 atom stereocenters. The van der Waals surface area contributed by atoms with Crippen LogP contribution in [-0.4, -0.2) is 14.2 Å². The van der Waals surface area contributed by atoms with Gasteiger partial charge in [0, 0.05) is 6.92 Å². The Morgan fingerprint density at radius 2 is 1.88 bits per heavy atom. The zero-order chi connectivity index (χ0) is 13.3. The average molecular weight is 266 g/mol. The highest BCUT2D eigenvalue weighted by atomic mass is 32.2. The number of hydrogen-bond acceptors (Lipinski definition) is 2. The van der Waals surface area contributed by atoms with Gasteiger partial charge in [-0.05, 0) is 24.6 Å². The summed E-state index contributed by atoms with van der Waals surface area (Å²) >= 11 is 0. The average Bonchev–Trinajstić information content (AvgIpc) is 2.15. The summed E-state index contributed by atoms with van der Waals surface area (Å²) in [7, 11) is -3.58. The van der Waals surface area contributed by atoms with Crippen molar-refractivity contribution in [1.29, 1.82) is 0 Å². The Kier molecular flexibility index (Phi) is 3.86. The van der Waals surface area contributed by atoms with Gasteiger partial charge in [0.2, 0.25) is 0 Å². The molecule has 17 heavy (non-hydrogen) atoms. The van der Waals surface area contributed by atoms with E-state index < -0.39 is 27.1 Å². The minimum absolute atomic E-state index is 0.131. The lowest BCUT2D eigenvalue weighted by Gasteiger charge is -2.12. The molecular weight excluding hydrogens is 253 g/mol. The van der Waals surface area contributed by atoms with Gasteiger partial charge in [0.1, 0.15) is 5.82 Å². The first-order valence-corrected chi connectivity index (χ1v) is 6.74. The summed E-state index contributed by atoms with van der Waals surface area (Å²) in [6.45, 7) is 2.23. The molecule has 0 aliphatic heterocycles. The lowest BCUT2D eigenvalue weighted by atomic mass is 10.1. The largest absolute Gasteiger partial charge is 0.273 e. The minimum atomic E-state index is -3.58. The van der Waals surface area contributed by atoms with Gasteiger partial charge in [0.05, 0.1) is 16.2 Å². The van der Waals surface area contributed by atoms with E-state index in [1.807, 2.05) is 0 Å². The standard InChI is InChI=1S/C11H13F3O2S/c1-3-6-17(15,16)8-4-5-9(10(12)7-8)11(2,13)14/h4-5,7H,3,6H2,1-2H3. The number of benzene rings is 1. The van der Waals surface area contributed by atoms with E-state index in [1.165, 1.54) is 0 Å². The van der Waals surface area contributed by atoms with Crippen LogP contribution < -0.4 is 0 Å². The first-order chi connectivity index (χ1) is 7.68. The Bertz CT molecular complexity index is 504. The molecule has 0 N–H and O–H groups in total. The van der Waals surface area contributed by atoms with E-state index in [1.54, 1.807) is 6.92 Å². The zero-order valence-corrected chi connectivity index (χ0v) is 10.3. The molecule has 96 valence electrons. The number of sulfone groups is 1. The van der Waals surface area contributed by atoms with Gasteiger partial charge in [-0.2, -0.15) is 0 Å². The minimum Gasteiger partial charge on any atom is -0.224 e. The summed E-state index contributed by atoms with van der Waals surface area (Å²) in [5, 5.41) is 0. The molecule has 2 nitrogen and oxygen atoms in total. The molecule has 1 rings (SSSR count). The fraction of sp³-hybridized carbons (Fsp3) is 0.455. The van der Waals surface area contributed by atoms with E-state index in [9.17, 15) is 21.6 Å². The van der Waals surface area contributed by atoms with Crippen LogP contribution in [0.3, 0.4) is 0 Å². The Labute approximate surface area is 98.4 Å². The fourth-order valence-corrected chi connectivity index (χ4v) is 2.76. The molecule has 6 heteroatoms. The van der Waals surface area contributed by atoms with Crippen molar-refractivity contribution in [2.45, 2.75) is 31.1 Å². The van der Waals surface area contributed by atoms with Crippen LogP contribution in [0.25, 0.3) is 0 Å². The molecule has 0 amide bonds. The van der Waals surface area contributed by atoms with Crippen LogP contribution in [0.4, 0.5) is 13.2 Å². The molecule has 1 aromatic carbocycles. The van der Waals surface area contributed by atoms with Gasteiger partial charge in [0.25, 0.3) is 5.92 Å². The summed E-state index contributed by atoms with van der Waals surface area (Å²) in [5.41, 5.74) is -0.798. The Hall–Kier alpha value is -1.04. The van der Waals surface area contributed by atoms with Crippen LogP contribution in [0.2, 0.25) is 0 Å². The van der Waals surface area contributed by atoms with Crippen molar-refractivity contribution in [1.82, 2.24) is 0 Å². The Balaban J connectivity index is 3.23. The summed E-state index contributed by atoms with van der Waals surface area (Å²) in [6, 6.07) is 2.48. The van der Waals surface area contributed by atoms with E-state index >= 15 is 0 Å². The molecule has 0 fully saturated rings. The summed E-state index contributed by atoms with van der Waals surface area (Å²) in [4.78, 5) is -0.259. The Morgan fingerprint density at radius 3 is 2.29 bits per heavy atom. The van der Waals surface area contributed by atoms with Crippen LogP contribution in [0.15, 0.2) is 23.1 Å². The second-order valence-corrected chi connectivity index (χ2v) is 5.96. The van der Waals surface area contributed by atoms with Crippen molar-refractivity contribution in [2.75, 3.05) is 5.75 Å². The third-order valence-corrected chi connectivity index (χ3v) is 4.16. The highest BCUT2D eigenvalue weighted by Gasteiger charge is 2.29. The normalized spacial score (nSPS) is 12.8. The van der Waals surface area contributed by atoms with Gasteiger partial charge in [-0.3, -0.25) is 0 Å². The molecule has 0 aliphatic rings. The van der Waals surface area contributed by atoms with E-state index in [2.05, 4.69) is 0 Å². The predicted molar refractivity (Wildman–Crippen MR) is 58.3 cm³/mol. The monoisotopic (exact) mass is 266 g/mol. The fourth-order valence-electron chi connectivity index (χ4n) is 1.43. The van der Waals surface area contributed by atoms with Crippen molar-refractivity contribution in [3.63, 3.8) is 0 Å². The SMILES string of the molecule is CCCS(=O)(=O)c1ccc(C(C)(F)F)c(F)c1. The van der Waals surface area contributed by atoms with Crippen LogP contribution in [0.5, 0.6) is 0 Å². The molecule has 1 aromatic rings. The van der Waals surface area contributed by atoms with E-state index in [0.717, 1.165) is 12.1 Å². The lowest BCUT2D eigenvalue weighted by Crippen LogP contribution is -2.12. The maximum atomic E-state index is 13.4. The molecule has 0 aromatic heterocycles. The van der Waals surface area contributed by atoms with Gasteiger partial charge in [-0.25, -0.2) is 21.6 Å². The molecule has 0 unspecified atom stereocenters. The highest BCUT2D eigenvalue weighted by Crippen LogP contribution is 2.30. The number of hydrogen-bond donors (Lipinski definition) is 0. The lowest BCUT2D eigenvalue weighted by molar-refractivity contribution is 0.0137. The first kappa shape index (κ1) is 14.0. The number of halogens is 3. The molecule has 0 radical (unpaired) electrons. The van der Waals surface area contributed by atoms with Crippen molar-refractivity contribution >= 4 is 9.84 Å². The molecule has 0 heterocycles. The van der Waals surface area contributed by atoms with Crippen LogP contribution in [0, 0.1) is 5.82 Å².